The number of hydrogen-bond acceptors (Lipinski definition) is 3. The van der Waals surface area contributed by atoms with Crippen LogP contribution in [0.15, 0.2) is 0 Å². The van der Waals surface area contributed by atoms with Crippen LogP contribution in [0, 0.1) is 11.3 Å². The molecule has 2 aliphatic rings. The van der Waals surface area contributed by atoms with Crippen molar-refractivity contribution >= 4 is 0 Å². The minimum absolute atomic E-state index is 0.186. The monoisotopic (exact) mass is 235 g/mol. The third-order valence-corrected chi connectivity index (χ3v) is 4.43. The Balaban J connectivity index is 2.07. The van der Waals surface area contributed by atoms with E-state index >= 15 is 0 Å². The van der Waals surface area contributed by atoms with Crippen molar-refractivity contribution in [2.75, 3.05) is 26.2 Å². The molecule has 2 fully saturated rings. The Kier molecular flexibility index (Phi) is 4.06. The molecule has 0 N–H and O–H groups in total. The van der Waals surface area contributed by atoms with Gasteiger partial charge in [-0.05, 0) is 46.2 Å². The fraction of sp³-hybridized carbons (Fsp3) is 0.929. The number of likely N-dealkylation sites (tertiary alicyclic amines) is 2. The molecule has 96 valence electrons. The summed E-state index contributed by atoms with van der Waals surface area (Å²) in [6.07, 6.45) is 6.25. The lowest BCUT2D eigenvalue weighted by Gasteiger charge is -2.35. The van der Waals surface area contributed by atoms with Gasteiger partial charge in [0.25, 0.3) is 0 Å². The minimum Gasteiger partial charge on any atom is -0.298 e. The van der Waals surface area contributed by atoms with Gasteiger partial charge in [0.15, 0.2) is 0 Å². The van der Waals surface area contributed by atoms with E-state index in [0.29, 0.717) is 6.04 Å². The molecule has 0 aliphatic carbocycles. The van der Waals surface area contributed by atoms with E-state index in [1.54, 1.807) is 0 Å². The van der Waals surface area contributed by atoms with Crippen molar-refractivity contribution in [3.05, 3.63) is 0 Å². The lowest BCUT2D eigenvalue weighted by molar-refractivity contribution is 0.137. The first-order valence-electron chi connectivity index (χ1n) is 7.08. The van der Waals surface area contributed by atoms with Crippen molar-refractivity contribution < 1.29 is 0 Å². The van der Waals surface area contributed by atoms with E-state index < -0.39 is 0 Å². The molecule has 0 aromatic carbocycles. The van der Waals surface area contributed by atoms with Gasteiger partial charge < -0.3 is 0 Å². The molecule has 0 saturated carbocycles. The molecular formula is C14H25N3. The summed E-state index contributed by atoms with van der Waals surface area (Å²) in [5.41, 5.74) is -0.186. The van der Waals surface area contributed by atoms with Gasteiger partial charge in [0.2, 0.25) is 0 Å². The quantitative estimate of drug-likeness (QED) is 0.735. The lowest BCUT2D eigenvalue weighted by atomic mass is 9.97. The molecule has 1 atom stereocenters. The average molecular weight is 235 g/mol. The predicted molar refractivity (Wildman–Crippen MR) is 69.7 cm³/mol. The van der Waals surface area contributed by atoms with E-state index in [4.69, 9.17) is 0 Å². The third-order valence-electron chi connectivity index (χ3n) is 4.43. The van der Waals surface area contributed by atoms with E-state index in [2.05, 4.69) is 29.7 Å². The highest BCUT2D eigenvalue weighted by molar-refractivity contribution is 5.14. The van der Waals surface area contributed by atoms with Gasteiger partial charge in [0.05, 0.1) is 6.07 Å². The van der Waals surface area contributed by atoms with Crippen molar-refractivity contribution in [1.82, 2.24) is 9.80 Å². The molecule has 17 heavy (non-hydrogen) atoms. The fourth-order valence-corrected chi connectivity index (χ4v) is 3.18. The van der Waals surface area contributed by atoms with Gasteiger partial charge in [0.1, 0.15) is 5.54 Å². The van der Waals surface area contributed by atoms with Crippen LogP contribution < -0.4 is 0 Å². The molecule has 3 nitrogen and oxygen atoms in total. The topological polar surface area (TPSA) is 30.3 Å². The molecule has 3 heteroatoms. The standard InChI is InChI=1S/C14H25N3/c1-13(2)16-10-7-14(11-15,12-16)17-8-5-3-4-6-9-17/h13H,3-10,12H2,1-2H3. The van der Waals surface area contributed by atoms with Crippen molar-refractivity contribution in [3.63, 3.8) is 0 Å². The van der Waals surface area contributed by atoms with Crippen LogP contribution in [0.3, 0.4) is 0 Å². The summed E-state index contributed by atoms with van der Waals surface area (Å²) >= 11 is 0. The molecule has 0 radical (unpaired) electrons. The molecular weight excluding hydrogens is 210 g/mol. The minimum atomic E-state index is -0.186. The number of nitrogens with zero attached hydrogens (tertiary/aromatic N) is 3. The number of hydrogen-bond donors (Lipinski definition) is 0. The summed E-state index contributed by atoms with van der Waals surface area (Å²) in [6, 6.07) is 3.21. The Morgan fingerprint density at radius 3 is 2.18 bits per heavy atom. The highest BCUT2D eigenvalue weighted by Gasteiger charge is 2.43. The Bertz CT molecular complexity index is 286. The van der Waals surface area contributed by atoms with Gasteiger partial charge in [-0.2, -0.15) is 5.26 Å². The molecule has 0 aromatic rings. The van der Waals surface area contributed by atoms with Crippen molar-refractivity contribution in [2.45, 2.75) is 57.5 Å². The van der Waals surface area contributed by atoms with Crippen LogP contribution in [0.5, 0.6) is 0 Å². The molecule has 0 spiro atoms. The van der Waals surface area contributed by atoms with Gasteiger partial charge >= 0.3 is 0 Å². The largest absolute Gasteiger partial charge is 0.298 e. The van der Waals surface area contributed by atoms with Crippen molar-refractivity contribution in [2.24, 2.45) is 0 Å². The third kappa shape index (κ3) is 2.64. The van der Waals surface area contributed by atoms with Crippen LogP contribution >= 0.6 is 0 Å². The zero-order chi connectivity index (χ0) is 12.3. The number of nitriles is 1. The Morgan fingerprint density at radius 2 is 1.71 bits per heavy atom. The Labute approximate surface area is 105 Å². The smallest absolute Gasteiger partial charge is 0.123 e. The summed E-state index contributed by atoms with van der Waals surface area (Å²) in [6.45, 7) is 8.74. The average Bonchev–Trinajstić information content (AvgIpc) is 2.59. The van der Waals surface area contributed by atoms with E-state index in [1.807, 2.05) is 0 Å². The molecule has 2 rings (SSSR count). The SMILES string of the molecule is CC(C)N1CCC(C#N)(N2CCCCCC2)C1. The second-order valence-corrected chi connectivity index (χ2v) is 5.86. The molecule has 0 amide bonds. The molecule has 1 unspecified atom stereocenters. The van der Waals surface area contributed by atoms with Crippen LogP contribution in [-0.4, -0.2) is 47.6 Å². The maximum absolute atomic E-state index is 9.64. The number of rotatable bonds is 2. The zero-order valence-electron chi connectivity index (χ0n) is 11.3. The van der Waals surface area contributed by atoms with E-state index in [9.17, 15) is 5.26 Å². The predicted octanol–water partition coefficient (Wildman–Crippen LogP) is 2.24. The summed E-state index contributed by atoms with van der Waals surface area (Å²) < 4.78 is 0. The lowest BCUT2D eigenvalue weighted by Crippen LogP contribution is -2.50. The first-order valence-corrected chi connectivity index (χ1v) is 7.08. The summed E-state index contributed by atoms with van der Waals surface area (Å²) in [4.78, 5) is 4.93. The first-order chi connectivity index (χ1) is 8.18. The van der Waals surface area contributed by atoms with Crippen LogP contribution in [-0.2, 0) is 0 Å². The summed E-state index contributed by atoms with van der Waals surface area (Å²) in [5, 5.41) is 9.64. The molecule has 2 saturated heterocycles. The van der Waals surface area contributed by atoms with Gasteiger partial charge in [-0.1, -0.05) is 12.8 Å². The van der Waals surface area contributed by atoms with Crippen LogP contribution in [0.4, 0.5) is 0 Å². The van der Waals surface area contributed by atoms with E-state index in [1.165, 1.54) is 25.7 Å². The maximum Gasteiger partial charge on any atom is 0.123 e. The zero-order valence-corrected chi connectivity index (χ0v) is 11.3. The molecule has 2 heterocycles. The normalized spacial score (nSPS) is 32.6. The van der Waals surface area contributed by atoms with Crippen molar-refractivity contribution in [3.8, 4) is 6.07 Å². The Morgan fingerprint density at radius 1 is 1.06 bits per heavy atom. The second kappa shape index (κ2) is 5.37. The first kappa shape index (κ1) is 12.9. The van der Waals surface area contributed by atoms with Crippen LogP contribution in [0.1, 0.15) is 46.0 Å². The van der Waals surface area contributed by atoms with Crippen LogP contribution in [0.2, 0.25) is 0 Å². The van der Waals surface area contributed by atoms with Gasteiger partial charge in [-0.3, -0.25) is 9.80 Å². The molecule has 2 aliphatic heterocycles. The van der Waals surface area contributed by atoms with Gasteiger partial charge in [0, 0.05) is 19.1 Å². The van der Waals surface area contributed by atoms with Gasteiger partial charge in [-0.15, -0.1) is 0 Å². The van der Waals surface area contributed by atoms with Crippen molar-refractivity contribution in [1.29, 1.82) is 5.26 Å². The fourth-order valence-electron chi connectivity index (χ4n) is 3.18. The second-order valence-electron chi connectivity index (χ2n) is 5.86. The Hall–Kier alpha value is -0.590. The molecule has 0 aromatic heterocycles. The van der Waals surface area contributed by atoms with E-state index in [-0.39, 0.29) is 5.54 Å². The highest BCUT2D eigenvalue weighted by Crippen LogP contribution is 2.30. The summed E-state index contributed by atoms with van der Waals surface area (Å²) in [7, 11) is 0. The maximum atomic E-state index is 9.64. The van der Waals surface area contributed by atoms with E-state index in [0.717, 1.165) is 32.6 Å². The van der Waals surface area contributed by atoms with Gasteiger partial charge in [-0.25, -0.2) is 0 Å². The molecule has 0 bridgehead atoms. The summed E-state index contributed by atoms with van der Waals surface area (Å²) in [5.74, 6) is 0. The van der Waals surface area contributed by atoms with Crippen LogP contribution in [0.25, 0.3) is 0 Å². The highest BCUT2D eigenvalue weighted by atomic mass is 15.3.